The van der Waals surface area contributed by atoms with Gasteiger partial charge in [-0.25, -0.2) is 0 Å². The summed E-state index contributed by atoms with van der Waals surface area (Å²) in [5.41, 5.74) is -0.727. The van der Waals surface area contributed by atoms with Crippen LogP contribution in [0.1, 0.15) is 26.7 Å². The van der Waals surface area contributed by atoms with Gasteiger partial charge in [-0.2, -0.15) is 0 Å². The predicted octanol–water partition coefficient (Wildman–Crippen LogP) is 3.25. The second-order valence-corrected chi connectivity index (χ2v) is 6.87. The van der Waals surface area contributed by atoms with Crippen molar-refractivity contribution >= 4 is 40.7 Å². The summed E-state index contributed by atoms with van der Waals surface area (Å²) >= 11 is 11.8. The molecule has 23 heavy (non-hydrogen) atoms. The number of rotatable bonds is 5. The molecule has 1 unspecified atom stereocenters. The molecule has 1 aliphatic rings. The number of carbonyl (C=O) groups is 2. The fraction of sp³-hybridized carbons (Fsp3) is 0.500. The molecule has 2 rings (SSSR count). The van der Waals surface area contributed by atoms with Crippen molar-refractivity contribution in [3.05, 3.63) is 28.2 Å². The molecular formula is C16H20Cl2N2O3. The number of hydrogen-bond donors (Lipinski definition) is 2. The Labute approximate surface area is 145 Å². The van der Waals surface area contributed by atoms with E-state index in [0.717, 1.165) is 19.4 Å². The van der Waals surface area contributed by atoms with E-state index in [2.05, 4.69) is 10.6 Å². The highest BCUT2D eigenvalue weighted by atomic mass is 35.5. The Morgan fingerprint density at radius 2 is 2.00 bits per heavy atom. The Bertz CT molecular complexity index is 599. The van der Waals surface area contributed by atoms with Gasteiger partial charge in [0.05, 0.1) is 16.1 Å². The second kappa shape index (κ2) is 7.51. The van der Waals surface area contributed by atoms with Gasteiger partial charge in [0.1, 0.15) is 5.41 Å². The van der Waals surface area contributed by atoms with Gasteiger partial charge < -0.3 is 15.4 Å². The van der Waals surface area contributed by atoms with Gasteiger partial charge in [-0.3, -0.25) is 9.59 Å². The van der Waals surface area contributed by atoms with Gasteiger partial charge in [0, 0.05) is 18.8 Å². The number of benzene rings is 1. The van der Waals surface area contributed by atoms with Gasteiger partial charge in [-0.05, 0) is 44.9 Å². The van der Waals surface area contributed by atoms with E-state index < -0.39 is 11.3 Å². The first-order valence-corrected chi connectivity index (χ1v) is 8.22. The molecule has 1 fully saturated rings. The van der Waals surface area contributed by atoms with Crippen molar-refractivity contribution < 1.29 is 14.3 Å². The first-order valence-electron chi connectivity index (χ1n) is 7.47. The van der Waals surface area contributed by atoms with Crippen molar-refractivity contribution in [1.82, 2.24) is 5.32 Å². The number of halogens is 2. The standard InChI is InChI=1S/C16H20Cl2N2O3/c1-16(2,14(21)19-9-11-4-3-7-23-11)15(22)20-10-5-6-12(17)13(18)8-10/h5-6,8,11H,3-4,7,9H2,1-2H3,(H,19,21)(H,20,22). The highest BCUT2D eigenvalue weighted by Gasteiger charge is 2.36. The SMILES string of the molecule is CC(C)(C(=O)NCC1CCCO1)C(=O)Nc1ccc(Cl)c(Cl)c1. The maximum atomic E-state index is 12.4. The van der Waals surface area contributed by atoms with E-state index in [4.69, 9.17) is 27.9 Å². The number of hydrogen-bond acceptors (Lipinski definition) is 3. The molecule has 5 nitrogen and oxygen atoms in total. The second-order valence-electron chi connectivity index (χ2n) is 6.05. The molecule has 7 heteroatoms. The molecule has 2 amide bonds. The maximum absolute atomic E-state index is 12.4. The topological polar surface area (TPSA) is 67.4 Å². The third kappa shape index (κ3) is 4.59. The number of carbonyl (C=O) groups excluding carboxylic acids is 2. The molecule has 1 aromatic rings. The average molecular weight is 359 g/mol. The van der Waals surface area contributed by atoms with Gasteiger partial charge in [0.2, 0.25) is 11.8 Å². The van der Waals surface area contributed by atoms with E-state index in [9.17, 15) is 9.59 Å². The third-order valence-corrected chi connectivity index (χ3v) is 4.57. The van der Waals surface area contributed by atoms with Crippen molar-refractivity contribution in [1.29, 1.82) is 0 Å². The highest BCUT2D eigenvalue weighted by molar-refractivity contribution is 6.42. The minimum Gasteiger partial charge on any atom is -0.376 e. The van der Waals surface area contributed by atoms with E-state index in [1.807, 2.05) is 0 Å². The third-order valence-electron chi connectivity index (χ3n) is 3.83. The summed E-state index contributed by atoms with van der Waals surface area (Å²) in [6.07, 6.45) is 1.96. The molecule has 0 saturated carbocycles. The maximum Gasteiger partial charge on any atom is 0.239 e. The Morgan fingerprint density at radius 3 is 2.61 bits per heavy atom. The van der Waals surface area contributed by atoms with E-state index >= 15 is 0 Å². The lowest BCUT2D eigenvalue weighted by Gasteiger charge is -2.23. The lowest BCUT2D eigenvalue weighted by molar-refractivity contribution is -0.138. The normalized spacial score (nSPS) is 17.8. The highest BCUT2D eigenvalue weighted by Crippen LogP contribution is 2.26. The van der Waals surface area contributed by atoms with Gasteiger partial charge in [0.15, 0.2) is 0 Å². The van der Waals surface area contributed by atoms with Crippen LogP contribution in [0.25, 0.3) is 0 Å². The molecule has 1 aromatic carbocycles. The summed E-state index contributed by atoms with van der Waals surface area (Å²) < 4.78 is 5.45. The van der Waals surface area contributed by atoms with Crippen molar-refractivity contribution in [2.45, 2.75) is 32.8 Å². The summed E-state index contributed by atoms with van der Waals surface area (Å²) in [4.78, 5) is 24.7. The fourth-order valence-electron chi connectivity index (χ4n) is 2.20. The minimum absolute atomic E-state index is 0.0351. The van der Waals surface area contributed by atoms with E-state index in [1.54, 1.807) is 32.0 Å². The Morgan fingerprint density at radius 1 is 1.26 bits per heavy atom. The van der Waals surface area contributed by atoms with Gasteiger partial charge in [0.25, 0.3) is 0 Å². The number of nitrogens with one attached hydrogen (secondary N) is 2. The van der Waals surface area contributed by atoms with Crippen LogP contribution in [0, 0.1) is 5.41 Å². The van der Waals surface area contributed by atoms with Gasteiger partial charge >= 0.3 is 0 Å². The zero-order chi connectivity index (χ0) is 17.0. The zero-order valence-electron chi connectivity index (χ0n) is 13.1. The van der Waals surface area contributed by atoms with Crippen molar-refractivity contribution in [3.63, 3.8) is 0 Å². The molecule has 0 spiro atoms. The zero-order valence-corrected chi connectivity index (χ0v) is 14.6. The Kier molecular flexibility index (Phi) is 5.89. The molecule has 1 heterocycles. The Balaban J connectivity index is 1.94. The van der Waals surface area contributed by atoms with E-state index in [-0.39, 0.29) is 12.0 Å². The first-order chi connectivity index (χ1) is 10.8. The van der Waals surface area contributed by atoms with E-state index in [0.29, 0.717) is 22.3 Å². The fourth-order valence-corrected chi connectivity index (χ4v) is 2.50. The summed E-state index contributed by atoms with van der Waals surface area (Å²) in [7, 11) is 0. The molecule has 0 bridgehead atoms. The van der Waals surface area contributed by atoms with Crippen LogP contribution < -0.4 is 10.6 Å². The first kappa shape index (κ1) is 18.0. The predicted molar refractivity (Wildman–Crippen MR) is 90.9 cm³/mol. The molecule has 0 aromatic heterocycles. The molecular weight excluding hydrogens is 339 g/mol. The van der Waals surface area contributed by atoms with Crippen LogP contribution in [0.4, 0.5) is 5.69 Å². The number of amides is 2. The summed E-state index contributed by atoms with van der Waals surface area (Å²) in [6.45, 7) is 4.29. The largest absolute Gasteiger partial charge is 0.376 e. The quantitative estimate of drug-likeness (QED) is 0.793. The van der Waals surface area contributed by atoms with Gasteiger partial charge in [-0.15, -0.1) is 0 Å². The molecule has 0 radical (unpaired) electrons. The minimum atomic E-state index is -1.22. The van der Waals surface area contributed by atoms with Crippen LogP contribution in [-0.4, -0.2) is 31.1 Å². The van der Waals surface area contributed by atoms with E-state index in [1.165, 1.54) is 0 Å². The van der Waals surface area contributed by atoms with Crippen LogP contribution in [-0.2, 0) is 14.3 Å². The molecule has 1 saturated heterocycles. The van der Waals surface area contributed by atoms with Crippen molar-refractivity contribution in [3.8, 4) is 0 Å². The smallest absolute Gasteiger partial charge is 0.239 e. The van der Waals surface area contributed by atoms with Gasteiger partial charge in [-0.1, -0.05) is 23.2 Å². The lowest BCUT2D eigenvalue weighted by Crippen LogP contribution is -2.47. The molecule has 0 aliphatic carbocycles. The van der Waals surface area contributed by atoms with Crippen LogP contribution in [0.5, 0.6) is 0 Å². The summed E-state index contributed by atoms with van der Waals surface area (Å²) in [5, 5.41) is 6.20. The molecule has 126 valence electrons. The average Bonchev–Trinajstić information content (AvgIpc) is 3.01. The summed E-state index contributed by atoms with van der Waals surface area (Å²) in [5.74, 6) is -0.758. The molecule has 1 aliphatic heterocycles. The lowest BCUT2D eigenvalue weighted by atomic mass is 9.91. The Hall–Kier alpha value is -1.30. The number of ether oxygens (including phenoxy) is 1. The van der Waals surface area contributed by atoms with Crippen molar-refractivity contribution in [2.24, 2.45) is 5.41 Å². The number of anilines is 1. The van der Waals surface area contributed by atoms with Crippen molar-refractivity contribution in [2.75, 3.05) is 18.5 Å². The molecule has 2 N–H and O–H groups in total. The van der Waals surface area contributed by atoms with Crippen LogP contribution in [0.3, 0.4) is 0 Å². The van der Waals surface area contributed by atoms with Crippen LogP contribution >= 0.6 is 23.2 Å². The van der Waals surface area contributed by atoms with Crippen LogP contribution in [0.15, 0.2) is 18.2 Å². The van der Waals surface area contributed by atoms with Crippen LogP contribution in [0.2, 0.25) is 10.0 Å². The molecule has 1 atom stereocenters. The monoisotopic (exact) mass is 358 g/mol. The summed E-state index contributed by atoms with van der Waals surface area (Å²) in [6, 6.07) is 4.76.